The minimum atomic E-state index is -4.64. The van der Waals surface area contributed by atoms with Crippen LogP contribution in [0.2, 0.25) is 0 Å². The van der Waals surface area contributed by atoms with Gasteiger partial charge in [0.15, 0.2) is 5.76 Å². The summed E-state index contributed by atoms with van der Waals surface area (Å²) in [6.45, 7) is 0. The van der Waals surface area contributed by atoms with Crippen molar-refractivity contribution in [1.82, 2.24) is 0 Å². The van der Waals surface area contributed by atoms with Crippen LogP contribution < -0.4 is 5.43 Å². The van der Waals surface area contributed by atoms with E-state index in [0.29, 0.717) is 5.56 Å². The van der Waals surface area contributed by atoms with Gasteiger partial charge in [-0.1, -0.05) is 0 Å². The third kappa shape index (κ3) is 4.52. The van der Waals surface area contributed by atoms with E-state index in [2.05, 4.69) is 0 Å². The third-order valence-electron chi connectivity index (χ3n) is 3.06. The van der Waals surface area contributed by atoms with Gasteiger partial charge in [-0.2, -0.15) is 0 Å². The zero-order valence-electron chi connectivity index (χ0n) is 12.8. The first-order valence-corrected chi connectivity index (χ1v) is 8.33. The molecule has 7 N–H and O–H groups in total. The molecule has 0 saturated heterocycles. The molecule has 0 unspecified atom stereocenters. The van der Waals surface area contributed by atoms with Crippen LogP contribution in [0, 0.1) is 0 Å². The molecule has 0 aliphatic carbocycles. The second-order valence-electron chi connectivity index (χ2n) is 5.01. The molecule has 0 bridgehead atoms. The Morgan fingerprint density at radius 1 is 0.846 bits per heavy atom. The first kappa shape index (κ1) is 19.3. The SMILES string of the molecule is O=P(O)(O)O.O=c1c(O)c(-c2ccc(O)cc2)oc2cc(O)cc(O)c12. The Hall–Kier alpha value is -3.04. The summed E-state index contributed by atoms with van der Waals surface area (Å²) in [5.74, 6) is -1.50. The van der Waals surface area contributed by atoms with Gasteiger partial charge in [0, 0.05) is 17.7 Å². The Bertz CT molecular complexity index is 1040. The standard InChI is InChI=1S/C15H10O6.H3O4P/c16-8-3-1-7(2-4-8)15-14(20)13(19)12-10(18)5-9(17)6-11(12)21-15;1-5(2,3)4/h1-6,16-18,20H;(H3,1,2,3,4). The van der Waals surface area contributed by atoms with E-state index in [9.17, 15) is 25.2 Å². The van der Waals surface area contributed by atoms with Crippen LogP contribution in [-0.4, -0.2) is 35.1 Å². The van der Waals surface area contributed by atoms with Crippen molar-refractivity contribution in [3.8, 4) is 34.3 Å². The lowest BCUT2D eigenvalue weighted by Crippen LogP contribution is -2.02. The normalized spacial score (nSPS) is 11.0. The summed E-state index contributed by atoms with van der Waals surface area (Å²) in [5, 5.41) is 38.1. The number of hydrogen-bond acceptors (Lipinski definition) is 7. The van der Waals surface area contributed by atoms with E-state index in [1.807, 2.05) is 0 Å². The average Bonchev–Trinajstić information content (AvgIpc) is 2.49. The zero-order valence-corrected chi connectivity index (χ0v) is 13.7. The second-order valence-corrected chi connectivity index (χ2v) is 6.03. The quantitative estimate of drug-likeness (QED) is 0.302. The smallest absolute Gasteiger partial charge is 0.466 e. The molecule has 11 heteroatoms. The van der Waals surface area contributed by atoms with Crippen LogP contribution in [0.1, 0.15) is 0 Å². The lowest BCUT2D eigenvalue weighted by atomic mass is 10.1. The monoisotopic (exact) mass is 384 g/mol. The van der Waals surface area contributed by atoms with Gasteiger partial charge in [0.25, 0.3) is 0 Å². The fourth-order valence-electron chi connectivity index (χ4n) is 2.08. The minimum Gasteiger partial charge on any atom is -0.508 e. The van der Waals surface area contributed by atoms with E-state index in [1.165, 1.54) is 30.3 Å². The zero-order chi connectivity index (χ0) is 19.6. The van der Waals surface area contributed by atoms with Crippen LogP contribution >= 0.6 is 7.82 Å². The molecule has 10 nitrogen and oxygen atoms in total. The second kappa shape index (κ2) is 7.06. The maximum atomic E-state index is 12.1. The van der Waals surface area contributed by atoms with Gasteiger partial charge < -0.3 is 39.5 Å². The highest BCUT2D eigenvalue weighted by Gasteiger charge is 2.18. The summed E-state index contributed by atoms with van der Waals surface area (Å²) < 4.78 is 14.3. The van der Waals surface area contributed by atoms with Crippen LogP contribution in [0.5, 0.6) is 23.0 Å². The van der Waals surface area contributed by atoms with E-state index in [4.69, 9.17) is 23.7 Å². The maximum Gasteiger partial charge on any atom is 0.466 e. The highest BCUT2D eigenvalue weighted by atomic mass is 31.2. The first-order valence-electron chi connectivity index (χ1n) is 6.77. The summed E-state index contributed by atoms with van der Waals surface area (Å²) in [6, 6.07) is 7.82. The molecule has 0 radical (unpaired) electrons. The number of hydrogen-bond donors (Lipinski definition) is 7. The number of phenolic OH excluding ortho intramolecular Hbond substituents is 3. The van der Waals surface area contributed by atoms with Crippen LogP contribution in [0.15, 0.2) is 45.6 Å². The van der Waals surface area contributed by atoms with E-state index < -0.39 is 24.8 Å². The molecule has 0 saturated carbocycles. The molecule has 0 atom stereocenters. The third-order valence-corrected chi connectivity index (χ3v) is 3.06. The number of phenols is 3. The Kier molecular flexibility index (Phi) is 5.24. The summed E-state index contributed by atoms with van der Waals surface area (Å²) in [6.07, 6.45) is 0. The van der Waals surface area contributed by atoms with E-state index in [0.717, 1.165) is 6.07 Å². The Morgan fingerprint density at radius 3 is 1.92 bits per heavy atom. The Balaban J connectivity index is 0.000000431. The minimum absolute atomic E-state index is 0.0247. The first-order chi connectivity index (χ1) is 12.0. The average molecular weight is 384 g/mol. The summed E-state index contributed by atoms with van der Waals surface area (Å²) >= 11 is 0. The summed E-state index contributed by atoms with van der Waals surface area (Å²) in [4.78, 5) is 33.7. The highest BCUT2D eigenvalue weighted by molar-refractivity contribution is 7.45. The van der Waals surface area contributed by atoms with E-state index in [-0.39, 0.29) is 28.2 Å². The van der Waals surface area contributed by atoms with Crippen molar-refractivity contribution >= 4 is 18.8 Å². The molecule has 26 heavy (non-hydrogen) atoms. The van der Waals surface area contributed by atoms with Crippen LogP contribution in [0.3, 0.4) is 0 Å². The summed E-state index contributed by atoms with van der Waals surface area (Å²) in [7, 11) is -4.64. The molecular weight excluding hydrogens is 371 g/mol. The van der Waals surface area contributed by atoms with Crippen LogP contribution in [0.4, 0.5) is 0 Å². The number of rotatable bonds is 1. The van der Waals surface area contributed by atoms with Gasteiger partial charge in [0.05, 0.1) is 0 Å². The van der Waals surface area contributed by atoms with Crippen molar-refractivity contribution in [3.05, 3.63) is 46.6 Å². The van der Waals surface area contributed by atoms with Crippen molar-refractivity contribution < 1.29 is 44.1 Å². The molecule has 3 rings (SSSR count). The molecule has 1 aromatic heterocycles. The van der Waals surface area contributed by atoms with E-state index in [1.54, 1.807) is 0 Å². The summed E-state index contributed by atoms with van der Waals surface area (Å²) in [5.41, 5.74) is -0.498. The molecule has 0 aliphatic heterocycles. The topological polar surface area (TPSA) is 189 Å². The molecule has 0 fully saturated rings. The molecule has 0 aliphatic rings. The molecule has 1 heterocycles. The molecule has 0 spiro atoms. The maximum absolute atomic E-state index is 12.1. The molecular formula is C15H13O10P. The van der Waals surface area contributed by atoms with Gasteiger partial charge >= 0.3 is 7.82 Å². The van der Waals surface area contributed by atoms with Crippen LogP contribution in [-0.2, 0) is 4.57 Å². The fraction of sp³-hybridized carbons (Fsp3) is 0. The fourth-order valence-corrected chi connectivity index (χ4v) is 2.08. The van der Waals surface area contributed by atoms with Crippen molar-refractivity contribution in [2.75, 3.05) is 0 Å². The molecule has 3 aromatic rings. The van der Waals surface area contributed by atoms with Gasteiger partial charge in [-0.25, -0.2) is 4.57 Å². The van der Waals surface area contributed by atoms with Crippen molar-refractivity contribution in [1.29, 1.82) is 0 Å². The van der Waals surface area contributed by atoms with E-state index >= 15 is 0 Å². The Labute approximate surface area is 144 Å². The van der Waals surface area contributed by atoms with Crippen LogP contribution in [0.25, 0.3) is 22.3 Å². The van der Waals surface area contributed by atoms with Crippen molar-refractivity contribution in [2.24, 2.45) is 0 Å². The number of fused-ring (bicyclic) bond motifs is 1. The van der Waals surface area contributed by atoms with Crippen molar-refractivity contribution in [3.63, 3.8) is 0 Å². The predicted octanol–water partition coefficient (Wildman–Crippen LogP) is 1.35. The van der Waals surface area contributed by atoms with Gasteiger partial charge in [-0.05, 0) is 24.3 Å². The predicted molar refractivity (Wildman–Crippen MR) is 88.8 cm³/mol. The largest absolute Gasteiger partial charge is 0.508 e. The highest BCUT2D eigenvalue weighted by Crippen LogP contribution is 2.35. The lowest BCUT2D eigenvalue weighted by Gasteiger charge is -2.07. The van der Waals surface area contributed by atoms with Gasteiger partial charge in [0.2, 0.25) is 11.2 Å². The van der Waals surface area contributed by atoms with Crippen molar-refractivity contribution in [2.45, 2.75) is 0 Å². The lowest BCUT2D eigenvalue weighted by molar-refractivity contribution is 0.275. The molecule has 2 aromatic carbocycles. The molecule has 0 amide bonds. The van der Waals surface area contributed by atoms with Gasteiger partial charge in [0.1, 0.15) is 28.2 Å². The number of aromatic hydroxyl groups is 4. The van der Waals surface area contributed by atoms with Gasteiger partial charge in [-0.15, -0.1) is 0 Å². The van der Waals surface area contributed by atoms with Gasteiger partial charge in [-0.3, -0.25) is 4.79 Å². The molecule has 138 valence electrons. The number of benzene rings is 2. The Morgan fingerprint density at radius 2 is 1.38 bits per heavy atom. The number of phosphoric acid groups is 1.